The third kappa shape index (κ3) is 3.97. The van der Waals surface area contributed by atoms with E-state index in [1.54, 1.807) is 11.3 Å². The molecule has 0 aliphatic carbocycles. The minimum Gasteiger partial charge on any atom is -0.325 e. The largest absolute Gasteiger partial charge is 0.325 e. The molecular formula is C19H21N2OS+. The van der Waals surface area contributed by atoms with Crippen LogP contribution in [0.4, 0.5) is 5.69 Å². The Balaban J connectivity index is 1.60. The number of nitrogens with one attached hydrogen (secondary N) is 2. The average molecular weight is 325 g/mol. The Kier molecular flexibility index (Phi) is 4.74. The third-order valence-electron chi connectivity index (χ3n) is 3.93. The van der Waals surface area contributed by atoms with Gasteiger partial charge >= 0.3 is 0 Å². The summed E-state index contributed by atoms with van der Waals surface area (Å²) in [6.07, 6.45) is 0. The Bertz CT molecular complexity index is 825. The van der Waals surface area contributed by atoms with E-state index in [-0.39, 0.29) is 5.91 Å². The van der Waals surface area contributed by atoms with Gasteiger partial charge < -0.3 is 10.2 Å². The highest BCUT2D eigenvalue weighted by Gasteiger charge is 2.13. The number of carbonyl (C=O) groups is 1. The molecule has 1 atom stereocenters. The summed E-state index contributed by atoms with van der Waals surface area (Å²) in [5.41, 5.74) is 2.16. The summed E-state index contributed by atoms with van der Waals surface area (Å²) < 4.78 is 0. The SMILES string of the molecule is Cc1ccsc1C[NH+](C)CC(=O)Nc1ccc2ccccc2c1. The minimum absolute atomic E-state index is 0.0481. The van der Waals surface area contributed by atoms with Crippen molar-refractivity contribution >= 4 is 33.7 Å². The van der Waals surface area contributed by atoms with Gasteiger partial charge in [0, 0.05) is 5.69 Å². The van der Waals surface area contributed by atoms with Crippen LogP contribution in [-0.2, 0) is 11.3 Å². The quantitative estimate of drug-likeness (QED) is 0.743. The number of amides is 1. The maximum Gasteiger partial charge on any atom is 0.279 e. The molecular weight excluding hydrogens is 304 g/mol. The predicted octanol–water partition coefficient (Wildman–Crippen LogP) is 2.86. The number of thiophene rings is 1. The van der Waals surface area contributed by atoms with E-state index < -0.39 is 0 Å². The first kappa shape index (κ1) is 15.7. The highest BCUT2D eigenvalue weighted by Crippen LogP contribution is 2.18. The molecule has 1 amide bonds. The van der Waals surface area contributed by atoms with E-state index >= 15 is 0 Å². The number of carbonyl (C=O) groups excluding carboxylic acids is 1. The normalized spacial score (nSPS) is 12.3. The van der Waals surface area contributed by atoms with Crippen molar-refractivity contribution in [2.45, 2.75) is 13.5 Å². The number of fused-ring (bicyclic) bond motifs is 1. The molecule has 23 heavy (non-hydrogen) atoms. The van der Waals surface area contributed by atoms with Crippen molar-refractivity contribution < 1.29 is 9.69 Å². The van der Waals surface area contributed by atoms with Crippen molar-refractivity contribution in [2.75, 3.05) is 18.9 Å². The van der Waals surface area contributed by atoms with Crippen LogP contribution in [-0.4, -0.2) is 19.5 Å². The Labute approximate surface area is 140 Å². The van der Waals surface area contributed by atoms with Crippen molar-refractivity contribution in [3.8, 4) is 0 Å². The lowest BCUT2D eigenvalue weighted by Crippen LogP contribution is -3.08. The number of quaternary nitrogens is 1. The van der Waals surface area contributed by atoms with Gasteiger partial charge in [-0.05, 0) is 46.8 Å². The second kappa shape index (κ2) is 6.94. The fraction of sp³-hybridized carbons (Fsp3) is 0.211. The Morgan fingerprint density at radius 2 is 1.91 bits per heavy atom. The topological polar surface area (TPSA) is 33.5 Å². The van der Waals surface area contributed by atoms with E-state index in [4.69, 9.17) is 0 Å². The van der Waals surface area contributed by atoms with Crippen LogP contribution in [0.15, 0.2) is 53.9 Å². The molecule has 0 bridgehead atoms. The van der Waals surface area contributed by atoms with Gasteiger partial charge in [0.25, 0.3) is 5.91 Å². The van der Waals surface area contributed by atoms with E-state index in [1.165, 1.54) is 20.7 Å². The maximum absolute atomic E-state index is 12.2. The van der Waals surface area contributed by atoms with Gasteiger partial charge in [0.2, 0.25) is 0 Å². The van der Waals surface area contributed by atoms with E-state index in [1.807, 2.05) is 30.3 Å². The smallest absolute Gasteiger partial charge is 0.279 e. The first-order valence-corrected chi connectivity index (χ1v) is 8.63. The molecule has 0 aliphatic rings. The molecule has 3 aromatic rings. The van der Waals surface area contributed by atoms with Crippen molar-refractivity contribution in [1.82, 2.24) is 0 Å². The summed E-state index contributed by atoms with van der Waals surface area (Å²) >= 11 is 1.76. The number of rotatable bonds is 5. The van der Waals surface area contributed by atoms with Gasteiger partial charge in [-0.25, -0.2) is 0 Å². The molecule has 0 aliphatic heterocycles. The first-order chi connectivity index (χ1) is 11.1. The molecule has 0 radical (unpaired) electrons. The zero-order chi connectivity index (χ0) is 16.2. The summed E-state index contributed by atoms with van der Waals surface area (Å²) in [7, 11) is 2.05. The molecule has 0 saturated carbocycles. The summed E-state index contributed by atoms with van der Waals surface area (Å²) in [5, 5.41) is 7.43. The number of hydrogen-bond acceptors (Lipinski definition) is 2. The van der Waals surface area contributed by atoms with Crippen LogP contribution in [0.1, 0.15) is 10.4 Å². The lowest BCUT2D eigenvalue weighted by molar-refractivity contribution is -0.884. The number of likely N-dealkylation sites (N-methyl/N-ethyl adjacent to an activating group) is 1. The van der Waals surface area contributed by atoms with Gasteiger partial charge in [-0.15, -0.1) is 11.3 Å². The van der Waals surface area contributed by atoms with Crippen molar-refractivity contribution in [1.29, 1.82) is 0 Å². The molecule has 1 unspecified atom stereocenters. The Morgan fingerprint density at radius 1 is 1.13 bits per heavy atom. The van der Waals surface area contributed by atoms with Gasteiger partial charge in [-0.2, -0.15) is 0 Å². The lowest BCUT2D eigenvalue weighted by atomic mass is 10.1. The van der Waals surface area contributed by atoms with E-state index in [2.05, 4.69) is 42.9 Å². The van der Waals surface area contributed by atoms with Crippen LogP contribution in [0.5, 0.6) is 0 Å². The van der Waals surface area contributed by atoms with Crippen LogP contribution >= 0.6 is 11.3 Å². The first-order valence-electron chi connectivity index (χ1n) is 7.75. The van der Waals surface area contributed by atoms with Crippen molar-refractivity contribution in [2.24, 2.45) is 0 Å². The highest BCUT2D eigenvalue weighted by molar-refractivity contribution is 7.10. The summed E-state index contributed by atoms with van der Waals surface area (Å²) in [6, 6.07) is 16.3. The van der Waals surface area contributed by atoms with Gasteiger partial charge in [-0.1, -0.05) is 30.3 Å². The zero-order valence-electron chi connectivity index (χ0n) is 13.4. The molecule has 0 fully saturated rings. The minimum atomic E-state index is 0.0481. The molecule has 2 aromatic carbocycles. The van der Waals surface area contributed by atoms with Gasteiger partial charge in [0.1, 0.15) is 6.54 Å². The number of benzene rings is 2. The van der Waals surface area contributed by atoms with E-state index in [0.717, 1.165) is 17.6 Å². The van der Waals surface area contributed by atoms with E-state index in [9.17, 15) is 4.79 Å². The number of anilines is 1. The maximum atomic E-state index is 12.2. The third-order valence-corrected chi connectivity index (χ3v) is 4.95. The van der Waals surface area contributed by atoms with Crippen LogP contribution in [0, 0.1) is 6.92 Å². The zero-order valence-corrected chi connectivity index (χ0v) is 14.2. The fourth-order valence-corrected chi connectivity index (χ4v) is 3.69. The van der Waals surface area contributed by atoms with Gasteiger partial charge in [0.15, 0.2) is 6.54 Å². The molecule has 3 rings (SSSR count). The lowest BCUT2D eigenvalue weighted by Gasteiger charge is -2.13. The standard InChI is InChI=1S/C19H20N2OS/c1-14-9-10-23-18(14)12-21(2)13-19(22)20-17-8-7-15-5-3-4-6-16(15)11-17/h3-11H,12-13H2,1-2H3,(H,20,22)/p+1. The molecule has 4 heteroatoms. The summed E-state index contributed by atoms with van der Waals surface area (Å²) in [5.74, 6) is 0.0481. The summed E-state index contributed by atoms with van der Waals surface area (Å²) in [6.45, 7) is 3.47. The number of aryl methyl sites for hydroxylation is 1. The average Bonchev–Trinajstić information content (AvgIpc) is 2.92. The van der Waals surface area contributed by atoms with Crippen LogP contribution in [0.25, 0.3) is 10.8 Å². The predicted molar refractivity (Wildman–Crippen MR) is 97.1 cm³/mol. The second-order valence-electron chi connectivity index (χ2n) is 5.95. The molecule has 118 valence electrons. The monoisotopic (exact) mass is 325 g/mol. The molecule has 2 N–H and O–H groups in total. The molecule has 1 heterocycles. The van der Waals surface area contributed by atoms with Crippen molar-refractivity contribution in [3.63, 3.8) is 0 Å². The van der Waals surface area contributed by atoms with Gasteiger partial charge in [-0.3, -0.25) is 4.79 Å². The Morgan fingerprint density at radius 3 is 2.65 bits per heavy atom. The summed E-state index contributed by atoms with van der Waals surface area (Å²) in [4.78, 5) is 14.8. The fourth-order valence-electron chi connectivity index (χ4n) is 2.67. The van der Waals surface area contributed by atoms with Crippen LogP contribution < -0.4 is 10.2 Å². The molecule has 1 aromatic heterocycles. The van der Waals surface area contributed by atoms with E-state index in [0.29, 0.717) is 6.54 Å². The Hall–Kier alpha value is -2.17. The van der Waals surface area contributed by atoms with Gasteiger partial charge in [0.05, 0.1) is 11.9 Å². The number of hydrogen-bond donors (Lipinski definition) is 2. The second-order valence-corrected chi connectivity index (χ2v) is 6.95. The molecule has 0 spiro atoms. The van der Waals surface area contributed by atoms with Crippen LogP contribution in [0.3, 0.4) is 0 Å². The van der Waals surface area contributed by atoms with Crippen LogP contribution in [0.2, 0.25) is 0 Å². The highest BCUT2D eigenvalue weighted by atomic mass is 32.1. The molecule has 3 nitrogen and oxygen atoms in total. The molecule has 0 saturated heterocycles. The van der Waals surface area contributed by atoms with Crippen molar-refractivity contribution in [3.05, 3.63) is 64.4 Å².